The lowest BCUT2D eigenvalue weighted by molar-refractivity contribution is 0.592. The highest BCUT2D eigenvalue weighted by Crippen LogP contribution is 2.31. The Kier molecular flexibility index (Phi) is 4.48. The molecule has 3 nitrogen and oxygen atoms in total. The summed E-state index contributed by atoms with van der Waals surface area (Å²) in [6, 6.07) is 3.90. The largest absolute Gasteiger partial charge is 0.304 e. The minimum Gasteiger partial charge on any atom is -0.304 e. The van der Waals surface area contributed by atoms with Gasteiger partial charge >= 0.3 is 0 Å². The van der Waals surface area contributed by atoms with Crippen molar-refractivity contribution in [2.24, 2.45) is 0 Å². The second-order valence-corrected chi connectivity index (χ2v) is 5.01. The average Bonchev–Trinajstić information content (AvgIpc) is 2.78. The molecule has 0 spiro atoms. The van der Waals surface area contributed by atoms with E-state index in [-0.39, 0.29) is 6.04 Å². The number of aromatic nitrogens is 2. The smallest absolute Gasteiger partial charge is 0.115 e. The highest BCUT2D eigenvalue weighted by molar-refractivity contribution is 7.10. The molecule has 2 aromatic heterocycles. The summed E-state index contributed by atoms with van der Waals surface area (Å²) in [6.45, 7) is 3.07. The lowest BCUT2D eigenvalue weighted by Crippen LogP contribution is -2.23. The molecule has 1 N–H and O–H groups in total. The standard InChI is InChI=1S/C12H14ClN3S/c1-2-5-15-11(10-3-6-14-8-16-10)12-9(13)4-7-17-12/h3-4,6-8,11,15H,2,5H2,1H3. The Bertz CT molecular complexity index is 458. The fourth-order valence-electron chi connectivity index (χ4n) is 1.60. The first-order valence-corrected chi connectivity index (χ1v) is 6.81. The predicted molar refractivity (Wildman–Crippen MR) is 71.5 cm³/mol. The van der Waals surface area contributed by atoms with Crippen molar-refractivity contribution in [3.8, 4) is 0 Å². The summed E-state index contributed by atoms with van der Waals surface area (Å²) in [5.74, 6) is 0. The Hall–Kier alpha value is -0.970. The van der Waals surface area contributed by atoms with E-state index in [4.69, 9.17) is 11.6 Å². The first kappa shape index (κ1) is 12.5. The number of hydrogen-bond donors (Lipinski definition) is 1. The van der Waals surface area contributed by atoms with Crippen molar-refractivity contribution >= 4 is 22.9 Å². The van der Waals surface area contributed by atoms with Crippen LogP contribution in [0.1, 0.15) is 30.0 Å². The monoisotopic (exact) mass is 267 g/mol. The molecule has 2 rings (SSSR count). The molecule has 0 fully saturated rings. The molecule has 0 radical (unpaired) electrons. The summed E-state index contributed by atoms with van der Waals surface area (Å²) in [6.07, 6.45) is 4.40. The van der Waals surface area contributed by atoms with Crippen LogP contribution in [0.3, 0.4) is 0 Å². The average molecular weight is 268 g/mol. The third-order valence-electron chi connectivity index (χ3n) is 2.41. The number of nitrogens with zero attached hydrogens (tertiary/aromatic N) is 2. The highest BCUT2D eigenvalue weighted by Gasteiger charge is 2.18. The van der Waals surface area contributed by atoms with Crippen LogP contribution in [-0.2, 0) is 0 Å². The minimum absolute atomic E-state index is 0.0606. The van der Waals surface area contributed by atoms with E-state index < -0.39 is 0 Å². The van der Waals surface area contributed by atoms with E-state index >= 15 is 0 Å². The Morgan fingerprint density at radius 1 is 1.47 bits per heavy atom. The van der Waals surface area contributed by atoms with Crippen molar-refractivity contribution in [3.63, 3.8) is 0 Å². The van der Waals surface area contributed by atoms with Gasteiger partial charge in [-0.05, 0) is 30.5 Å². The second-order valence-electron chi connectivity index (χ2n) is 3.65. The van der Waals surface area contributed by atoms with E-state index in [1.54, 1.807) is 23.9 Å². The van der Waals surface area contributed by atoms with Crippen molar-refractivity contribution < 1.29 is 0 Å². The third kappa shape index (κ3) is 3.03. The maximum atomic E-state index is 6.19. The fourth-order valence-corrected chi connectivity index (χ4v) is 2.86. The summed E-state index contributed by atoms with van der Waals surface area (Å²) in [5.41, 5.74) is 0.956. The molecule has 0 saturated carbocycles. The van der Waals surface area contributed by atoms with Crippen LogP contribution in [0.2, 0.25) is 5.02 Å². The summed E-state index contributed by atoms with van der Waals surface area (Å²) in [7, 11) is 0. The van der Waals surface area contributed by atoms with Crippen LogP contribution in [0, 0.1) is 0 Å². The molecular formula is C12H14ClN3S. The SMILES string of the molecule is CCCNC(c1ccncn1)c1sccc1Cl. The van der Waals surface area contributed by atoms with Gasteiger partial charge in [0, 0.05) is 11.1 Å². The summed E-state index contributed by atoms with van der Waals surface area (Å²) in [5, 5.41) is 6.26. The number of halogens is 1. The van der Waals surface area contributed by atoms with Gasteiger partial charge in [0.15, 0.2) is 0 Å². The van der Waals surface area contributed by atoms with Crippen LogP contribution in [0.25, 0.3) is 0 Å². The summed E-state index contributed by atoms with van der Waals surface area (Å²) in [4.78, 5) is 9.36. The lowest BCUT2D eigenvalue weighted by Gasteiger charge is -2.16. The molecule has 0 aromatic carbocycles. The summed E-state index contributed by atoms with van der Waals surface area (Å²) >= 11 is 7.84. The van der Waals surface area contributed by atoms with E-state index in [1.807, 2.05) is 17.5 Å². The molecule has 0 bridgehead atoms. The Morgan fingerprint density at radius 2 is 2.35 bits per heavy atom. The first-order valence-electron chi connectivity index (χ1n) is 5.55. The Labute approximate surface area is 110 Å². The normalized spacial score (nSPS) is 12.6. The zero-order valence-corrected chi connectivity index (χ0v) is 11.1. The van der Waals surface area contributed by atoms with Crippen LogP contribution in [0.4, 0.5) is 0 Å². The van der Waals surface area contributed by atoms with Gasteiger partial charge in [0.2, 0.25) is 0 Å². The highest BCUT2D eigenvalue weighted by atomic mass is 35.5. The van der Waals surface area contributed by atoms with Crippen LogP contribution in [0.15, 0.2) is 30.0 Å². The van der Waals surface area contributed by atoms with Gasteiger partial charge in [-0.1, -0.05) is 18.5 Å². The van der Waals surface area contributed by atoms with E-state index in [9.17, 15) is 0 Å². The number of rotatable bonds is 5. The van der Waals surface area contributed by atoms with Crippen molar-refractivity contribution in [2.75, 3.05) is 6.54 Å². The molecule has 0 saturated heterocycles. The molecule has 90 valence electrons. The molecule has 0 aliphatic rings. The molecule has 17 heavy (non-hydrogen) atoms. The molecule has 0 amide bonds. The molecule has 1 atom stereocenters. The maximum absolute atomic E-state index is 6.19. The van der Waals surface area contributed by atoms with Gasteiger partial charge in [-0.3, -0.25) is 0 Å². The topological polar surface area (TPSA) is 37.8 Å². The molecular weight excluding hydrogens is 254 g/mol. The summed E-state index contributed by atoms with van der Waals surface area (Å²) < 4.78 is 0. The molecule has 5 heteroatoms. The van der Waals surface area contributed by atoms with Crippen molar-refractivity contribution in [1.82, 2.24) is 15.3 Å². The van der Waals surface area contributed by atoms with Gasteiger partial charge in [-0.2, -0.15) is 0 Å². The number of thiophene rings is 1. The first-order chi connectivity index (χ1) is 8.33. The molecule has 0 aliphatic carbocycles. The van der Waals surface area contributed by atoms with Crippen LogP contribution in [-0.4, -0.2) is 16.5 Å². The van der Waals surface area contributed by atoms with Gasteiger partial charge < -0.3 is 5.32 Å². The number of nitrogens with one attached hydrogen (secondary N) is 1. The van der Waals surface area contributed by atoms with E-state index in [0.717, 1.165) is 28.6 Å². The van der Waals surface area contributed by atoms with Gasteiger partial charge in [0.1, 0.15) is 6.33 Å². The van der Waals surface area contributed by atoms with E-state index in [1.165, 1.54) is 0 Å². The van der Waals surface area contributed by atoms with Crippen LogP contribution >= 0.6 is 22.9 Å². The van der Waals surface area contributed by atoms with Gasteiger partial charge in [-0.25, -0.2) is 9.97 Å². The maximum Gasteiger partial charge on any atom is 0.115 e. The van der Waals surface area contributed by atoms with Crippen LogP contribution in [0.5, 0.6) is 0 Å². The third-order valence-corrected chi connectivity index (χ3v) is 3.83. The van der Waals surface area contributed by atoms with Crippen molar-refractivity contribution in [2.45, 2.75) is 19.4 Å². The van der Waals surface area contributed by atoms with Crippen molar-refractivity contribution in [1.29, 1.82) is 0 Å². The second kappa shape index (κ2) is 6.10. The Balaban J connectivity index is 2.29. The molecule has 0 aliphatic heterocycles. The van der Waals surface area contributed by atoms with Gasteiger partial charge in [0.05, 0.1) is 16.8 Å². The van der Waals surface area contributed by atoms with Crippen molar-refractivity contribution in [3.05, 3.63) is 45.6 Å². The molecule has 1 unspecified atom stereocenters. The number of hydrogen-bond acceptors (Lipinski definition) is 4. The predicted octanol–water partition coefficient (Wildman–Crippen LogP) is 3.28. The fraction of sp³-hybridized carbons (Fsp3) is 0.333. The minimum atomic E-state index is 0.0606. The van der Waals surface area contributed by atoms with E-state index in [0.29, 0.717) is 0 Å². The zero-order valence-electron chi connectivity index (χ0n) is 9.56. The van der Waals surface area contributed by atoms with E-state index in [2.05, 4.69) is 22.2 Å². The molecule has 2 heterocycles. The Morgan fingerprint density at radius 3 is 2.94 bits per heavy atom. The molecule has 2 aromatic rings. The van der Waals surface area contributed by atoms with Gasteiger partial charge in [0.25, 0.3) is 0 Å². The zero-order chi connectivity index (χ0) is 12.1. The van der Waals surface area contributed by atoms with Crippen LogP contribution < -0.4 is 5.32 Å². The lowest BCUT2D eigenvalue weighted by atomic mass is 10.1. The quantitative estimate of drug-likeness (QED) is 0.903. The van der Waals surface area contributed by atoms with Gasteiger partial charge in [-0.15, -0.1) is 11.3 Å².